The maximum absolute atomic E-state index is 12.9. The molecule has 0 bridgehead atoms. The number of anilines is 1. The van der Waals surface area contributed by atoms with Crippen molar-refractivity contribution in [2.45, 2.75) is 49.1 Å². The van der Waals surface area contributed by atoms with Gasteiger partial charge in [0.1, 0.15) is 5.69 Å². The summed E-state index contributed by atoms with van der Waals surface area (Å²) in [6.45, 7) is 5.82. The third-order valence-corrected chi connectivity index (χ3v) is 8.59. The van der Waals surface area contributed by atoms with E-state index in [2.05, 4.69) is 16.6 Å². The summed E-state index contributed by atoms with van der Waals surface area (Å²) in [5, 5.41) is 10.8. The maximum atomic E-state index is 12.9. The van der Waals surface area contributed by atoms with Gasteiger partial charge in [-0.3, -0.25) is 19.4 Å². The van der Waals surface area contributed by atoms with Gasteiger partial charge in [-0.1, -0.05) is 19.8 Å². The number of unbranched alkanes of at least 4 members (excludes halogenated alkanes) is 2. The molecule has 0 spiro atoms. The first-order chi connectivity index (χ1) is 14.7. The third kappa shape index (κ3) is 4.91. The summed E-state index contributed by atoms with van der Waals surface area (Å²) in [6, 6.07) is 4.53. The van der Waals surface area contributed by atoms with Crippen LogP contribution in [-0.2, 0) is 10.0 Å². The maximum Gasteiger partial charge on any atom is 0.354 e. The highest BCUT2D eigenvalue weighted by atomic mass is 32.2. The van der Waals surface area contributed by atoms with Gasteiger partial charge in [-0.25, -0.2) is 13.2 Å². The SMILES string of the molecule is CCCCCSc1sc(C)c(C)n2c(=O)nc(NS(=O)(=O)c3ccc([N+](=O)[O-])cc3)c1-2. The van der Waals surface area contributed by atoms with E-state index in [4.69, 9.17) is 0 Å². The van der Waals surface area contributed by atoms with Crippen molar-refractivity contribution in [2.75, 3.05) is 10.5 Å². The first-order valence-electron chi connectivity index (χ1n) is 9.58. The average Bonchev–Trinajstić information content (AvgIpc) is 3.04. The van der Waals surface area contributed by atoms with E-state index in [1.807, 2.05) is 6.92 Å². The quantitative estimate of drug-likeness (QED) is 0.208. The van der Waals surface area contributed by atoms with Crippen LogP contribution >= 0.6 is 23.1 Å². The minimum atomic E-state index is -4.09. The molecule has 2 heterocycles. The summed E-state index contributed by atoms with van der Waals surface area (Å²) < 4.78 is 30.4. The molecule has 12 heteroatoms. The molecular formula is C19H22N4O5S3. The molecule has 2 aliphatic heterocycles. The number of nitro benzene ring substituents is 1. The zero-order valence-electron chi connectivity index (χ0n) is 17.2. The Morgan fingerprint density at radius 1 is 1.23 bits per heavy atom. The molecule has 0 unspecified atom stereocenters. The minimum absolute atomic E-state index is 0.0410. The number of aryl methyl sites for hydroxylation is 1. The predicted octanol–water partition coefficient (Wildman–Crippen LogP) is 4.34. The molecule has 0 radical (unpaired) electrons. The zero-order chi connectivity index (χ0) is 22.8. The standard InChI is InChI=1S/C19H22N4O5S3/c1-4-5-6-11-29-18-16-17(20-19(24)22(16)12(2)13(3)30-18)21-31(27,28)15-9-7-14(8-10-15)23(25)26/h7-10H,4-6,11H2,1-3H3,(H,20,21,24). The van der Waals surface area contributed by atoms with Crippen LogP contribution in [-0.4, -0.2) is 28.6 Å². The lowest BCUT2D eigenvalue weighted by molar-refractivity contribution is -0.384. The summed E-state index contributed by atoms with van der Waals surface area (Å²) in [7, 11) is -4.09. The van der Waals surface area contributed by atoms with Crippen LogP contribution in [0.4, 0.5) is 11.5 Å². The second kappa shape index (κ2) is 9.37. The summed E-state index contributed by atoms with van der Waals surface area (Å²) in [5.41, 5.74) is 0.369. The minimum Gasteiger partial charge on any atom is -0.261 e. The number of non-ortho nitro benzene ring substituents is 1. The van der Waals surface area contributed by atoms with Gasteiger partial charge in [0.25, 0.3) is 15.7 Å². The van der Waals surface area contributed by atoms with Gasteiger partial charge < -0.3 is 0 Å². The van der Waals surface area contributed by atoms with E-state index in [0.29, 0.717) is 11.4 Å². The number of benzene rings is 1. The van der Waals surface area contributed by atoms with E-state index in [1.165, 1.54) is 15.9 Å². The Morgan fingerprint density at radius 3 is 2.52 bits per heavy atom. The lowest BCUT2D eigenvalue weighted by Crippen LogP contribution is -2.17. The van der Waals surface area contributed by atoms with Gasteiger partial charge in [0.2, 0.25) is 0 Å². The molecule has 0 atom stereocenters. The molecule has 3 rings (SSSR count). The molecule has 0 aromatic heterocycles. The molecule has 0 fully saturated rings. The summed E-state index contributed by atoms with van der Waals surface area (Å²) in [6.07, 6.45) is 3.18. The number of fused-ring (bicyclic) bond motifs is 1. The number of hydrogen-bond acceptors (Lipinski definition) is 8. The number of nitrogens with one attached hydrogen (secondary N) is 1. The van der Waals surface area contributed by atoms with Crippen molar-refractivity contribution in [3.8, 4) is 5.69 Å². The van der Waals surface area contributed by atoms with Gasteiger partial charge in [-0.2, -0.15) is 4.98 Å². The second-order valence-corrected chi connectivity index (χ2v) is 11.1. The first-order valence-corrected chi connectivity index (χ1v) is 12.9. The number of thioether (sulfide) groups is 1. The van der Waals surface area contributed by atoms with Gasteiger partial charge >= 0.3 is 5.69 Å². The monoisotopic (exact) mass is 482 g/mol. The van der Waals surface area contributed by atoms with Crippen molar-refractivity contribution >= 4 is 44.6 Å². The van der Waals surface area contributed by atoms with E-state index in [1.54, 1.807) is 18.7 Å². The molecule has 2 aliphatic rings. The molecule has 1 aromatic rings. The zero-order valence-corrected chi connectivity index (χ0v) is 19.7. The molecule has 0 amide bonds. The number of sulfonamides is 1. The highest BCUT2D eigenvalue weighted by molar-refractivity contribution is 8.01. The van der Waals surface area contributed by atoms with Crippen LogP contribution in [0.15, 0.2) is 38.2 Å². The van der Waals surface area contributed by atoms with Crippen LogP contribution in [0.3, 0.4) is 0 Å². The van der Waals surface area contributed by atoms with Crippen LogP contribution in [0, 0.1) is 24.0 Å². The Balaban J connectivity index is 2.01. The van der Waals surface area contributed by atoms with E-state index in [9.17, 15) is 23.3 Å². The fourth-order valence-electron chi connectivity index (χ4n) is 2.94. The summed E-state index contributed by atoms with van der Waals surface area (Å²) in [5.74, 6) is 0.803. The number of imidazole rings is 1. The third-order valence-electron chi connectivity index (χ3n) is 4.70. The Kier molecular flexibility index (Phi) is 7.02. The molecular weight excluding hydrogens is 460 g/mol. The fourth-order valence-corrected chi connectivity index (χ4v) is 6.47. The summed E-state index contributed by atoms with van der Waals surface area (Å²) >= 11 is 3.08. The molecule has 0 aliphatic carbocycles. The lowest BCUT2D eigenvalue weighted by atomic mass is 10.3. The van der Waals surface area contributed by atoms with Crippen molar-refractivity contribution in [3.63, 3.8) is 0 Å². The van der Waals surface area contributed by atoms with Crippen molar-refractivity contribution in [1.29, 1.82) is 0 Å². The van der Waals surface area contributed by atoms with Crippen LogP contribution in [0.5, 0.6) is 0 Å². The smallest absolute Gasteiger partial charge is 0.261 e. The molecule has 0 saturated heterocycles. The van der Waals surface area contributed by atoms with Crippen LogP contribution in [0.1, 0.15) is 36.8 Å². The van der Waals surface area contributed by atoms with Crippen LogP contribution < -0.4 is 10.4 Å². The van der Waals surface area contributed by atoms with Crippen molar-refractivity contribution < 1.29 is 13.3 Å². The average molecular weight is 483 g/mol. The second-order valence-electron chi connectivity index (χ2n) is 6.87. The van der Waals surface area contributed by atoms with Gasteiger partial charge in [-0.05, 0) is 38.2 Å². The predicted molar refractivity (Wildman–Crippen MR) is 123 cm³/mol. The van der Waals surface area contributed by atoms with E-state index in [0.717, 1.165) is 58.4 Å². The van der Waals surface area contributed by atoms with E-state index >= 15 is 0 Å². The lowest BCUT2D eigenvalue weighted by Gasteiger charge is -2.16. The van der Waals surface area contributed by atoms with E-state index < -0.39 is 20.6 Å². The van der Waals surface area contributed by atoms with Crippen molar-refractivity contribution in [3.05, 3.63) is 55.4 Å². The molecule has 1 N–H and O–H groups in total. The Bertz CT molecular complexity index is 1230. The van der Waals surface area contributed by atoms with Gasteiger partial charge in [0, 0.05) is 22.7 Å². The van der Waals surface area contributed by atoms with Crippen molar-refractivity contribution in [1.82, 2.24) is 9.55 Å². The molecule has 9 nitrogen and oxygen atoms in total. The molecule has 1 aromatic carbocycles. The number of nitro groups is 1. The largest absolute Gasteiger partial charge is 0.354 e. The first kappa shape index (κ1) is 23.2. The molecule has 166 valence electrons. The van der Waals surface area contributed by atoms with Crippen LogP contribution in [0.2, 0.25) is 0 Å². The Morgan fingerprint density at radius 2 is 1.90 bits per heavy atom. The van der Waals surface area contributed by atoms with E-state index in [-0.39, 0.29) is 16.4 Å². The topological polar surface area (TPSA) is 124 Å². The highest BCUT2D eigenvalue weighted by Gasteiger charge is 2.27. The van der Waals surface area contributed by atoms with Crippen molar-refractivity contribution in [2.24, 2.45) is 0 Å². The normalized spacial score (nSPS) is 11.7. The number of rotatable bonds is 9. The van der Waals surface area contributed by atoms with Crippen LogP contribution in [0.25, 0.3) is 5.69 Å². The highest BCUT2D eigenvalue weighted by Crippen LogP contribution is 2.38. The van der Waals surface area contributed by atoms with Gasteiger partial charge in [0.15, 0.2) is 5.82 Å². The number of hydrogen-bond donors (Lipinski definition) is 1. The Labute approximate surface area is 188 Å². The Hall–Kier alpha value is -2.44. The number of nitrogens with zero attached hydrogens (tertiary/aromatic N) is 3. The molecule has 0 saturated carbocycles. The van der Waals surface area contributed by atoms with Gasteiger partial charge in [-0.15, -0.1) is 23.1 Å². The fraction of sp³-hybridized carbons (Fsp3) is 0.368. The summed E-state index contributed by atoms with van der Waals surface area (Å²) in [4.78, 5) is 27.5. The number of aromatic nitrogens is 2. The molecule has 31 heavy (non-hydrogen) atoms. The van der Waals surface area contributed by atoms with Gasteiger partial charge in [0.05, 0.1) is 14.0 Å².